The smallest absolute Gasteiger partial charge is 0.241 e. The Morgan fingerprint density at radius 1 is 1.44 bits per heavy atom. The lowest BCUT2D eigenvalue weighted by atomic mass is 10.1. The second-order valence-corrected chi connectivity index (χ2v) is 4.99. The summed E-state index contributed by atoms with van der Waals surface area (Å²) in [7, 11) is 0. The van der Waals surface area contributed by atoms with Crippen LogP contribution in [0.5, 0.6) is 0 Å². The zero-order chi connectivity index (χ0) is 12.7. The van der Waals surface area contributed by atoms with Crippen molar-refractivity contribution in [3.8, 4) is 0 Å². The third-order valence-corrected chi connectivity index (χ3v) is 3.47. The molecule has 3 heterocycles. The van der Waals surface area contributed by atoms with Gasteiger partial charge in [0.25, 0.3) is 0 Å². The van der Waals surface area contributed by atoms with Gasteiger partial charge in [-0.05, 0) is 19.3 Å². The molecule has 1 aliphatic rings. The fraction of sp³-hybridized carbons (Fsp3) is 0.545. The van der Waals surface area contributed by atoms with Crippen LogP contribution in [0.4, 0.5) is 11.8 Å². The Morgan fingerprint density at radius 3 is 2.94 bits per heavy atom. The van der Waals surface area contributed by atoms with Crippen molar-refractivity contribution in [2.75, 3.05) is 16.9 Å². The molecule has 0 amide bonds. The van der Waals surface area contributed by atoms with E-state index >= 15 is 0 Å². The first-order valence-corrected chi connectivity index (χ1v) is 6.13. The molecule has 1 saturated heterocycles. The molecule has 96 valence electrons. The quantitative estimate of drug-likeness (QED) is 0.538. The number of nitrogens with two attached hydrogens (primary N) is 1. The van der Waals surface area contributed by atoms with Crippen molar-refractivity contribution >= 4 is 22.8 Å². The molecule has 1 fully saturated rings. The summed E-state index contributed by atoms with van der Waals surface area (Å²) in [6.45, 7) is 5.47. The maximum Gasteiger partial charge on any atom is 0.241 e. The highest BCUT2D eigenvalue weighted by Gasteiger charge is 2.29. The monoisotopic (exact) mass is 247 g/mol. The van der Waals surface area contributed by atoms with Gasteiger partial charge in [-0.2, -0.15) is 15.1 Å². The summed E-state index contributed by atoms with van der Waals surface area (Å²) in [5.74, 6) is 7.40. The molecule has 2 aromatic heterocycles. The van der Waals surface area contributed by atoms with E-state index in [1.807, 2.05) is 0 Å². The molecule has 0 spiro atoms. The number of aromatic nitrogens is 4. The minimum absolute atomic E-state index is 0.411. The minimum Gasteiger partial charge on any atom is -0.353 e. The van der Waals surface area contributed by atoms with Crippen molar-refractivity contribution in [3.63, 3.8) is 0 Å². The van der Waals surface area contributed by atoms with E-state index in [4.69, 9.17) is 5.84 Å². The predicted octanol–water partition coefficient (Wildman–Crippen LogP) is 0.873. The molecule has 2 unspecified atom stereocenters. The normalized spacial score (nSPS) is 23.8. The van der Waals surface area contributed by atoms with Crippen molar-refractivity contribution in [3.05, 3.63) is 6.20 Å². The predicted molar refractivity (Wildman–Crippen MR) is 70.1 cm³/mol. The number of hydrogen-bond donors (Lipinski definition) is 3. The van der Waals surface area contributed by atoms with Crippen LogP contribution >= 0.6 is 0 Å². The summed E-state index contributed by atoms with van der Waals surface area (Å²) in [5.41, 5.74) is 3.21. The number of fused-ring (bicyclic) bond motifs is 1. The Labute approximate surface area is 105 Å². The van der Waals surface area contributed by atoms with Crippen molar-refractivity contribution in [2.45, 2.75) is 26.3 Å². The standard InChI is InChI=1S/C11H17N7/c1-6-3-7(2)18(5-6)10-8-4-13-17-9(8)14-11(15-10)16-12/h4,6-7H,3,5,12H2,1-2H3,(H2,13,14,15,16,17). The highest BCUT2D eigenvalue weighted by Crippen LogP contribution is 2.32. The molecule has 4 N–H and O–H groups in total. The summed E-state index contributed by atoms with van der Waals surface area (Å²) in [6, 6.07) is 0.471. The van der Waals surface area contributed by atoms with Gasteiger partial charge in [-0.3, -0.25) is 10.5 Å². The summed E-state index contributed by atoms with van der Waals surface area (Å²) in [6.07, 6.45) is 2.94. The zero-order valence-electron chi connectivity index (χ0n) is 10.5. The second-order valence-electron chi connectivity index (χ2n) is 4.99. The Hall–Kier alpha value is -1.89. The van der Waals surface area contributed by atoms with Gasteiger partial charge in [-0.1, -0.05) is 6.92 Å². The van der Waals surface area contributed by atoms with Crippen molar-refractivity contribution in [2.24, 2.45) is 11.8 Å². The third kappa shape index (κ3) is 1.67. The molecule has 0 radical (unpaired) electrons. The van der Waals surface area contributed by atoms with Gasteiger partial charge >= 0.3 is 0 Å². The molecule has 0 saturated carbocycles. The first kappa shape index (κ1) is 11.2. The number of nitrogens with zero attached hydrogens (tertiary/aromatic N) is 4. The van der Waals surface area contributed by atoms with Crippen molar-refractivity contribution in [1.29, 1.82) is 0 Å². The van der Waals surface area contributed by atoms with Crippen LogP contribution in [-0.2, 0) is 0 Å². The Morgan fingerprint density at radius 2 is 2.28 bits per heavy atom. The van der Waals surface area contributed by atoms with Gasteiger partial charge in [0.05, 0.1) is 11.6 Å². The first-order chi connectivity index (χ1) is 8.69. The molecule has 2 atom stereocenters. The van der Waals surface area contributed by atoms with E-state index in [0.717, 1.165) is 17.7 Å². The maximum atomic E-state index is 5.41. The minimum atomic E-state index is 0.411. The average Bonchev–Trinajstić information content (AvgIpc) is 2.94. The number of hydrogen-bond acceptors (Lipinski definition) is 6. The van der Waals surface area contributed by atoms with Gasteiger partial charge in [0.15, 0.2) is 5.65 Å². The fourth-order valence-corrected chi connectivity index (χ4v) is 2.70. The second kappa shape index (κ2) is 4.09. The van der Waals surface area contributed by atoms with E-state index in [-0.39, 0.29) is 0 Å². The lowest BCUT2D eigenvalue weighted by Gasteiger charge is -2.23. The molecular weight excluding hydrogens is 230 g/mol. The molecule has 1 aliphatic heterocycles. The summed E-state index contributed by atoms with van der Waals surface area (Å²) < 4.78 is 0. The van der Waals surface area contributed by atoms with Crippen molar-refractivity contribution in [1.82, 2.24) is 20.2 Å². The lowest BCUT2D eigenvalue weighted by Crippen LogP contribution is -2.28. The summed E-state index contributed by atoms with van der Waals surface area (Å²) >= 11 is 0. The molecule has 18 heavy (non-hydrogen) atoms. The van der Waals surface area contributed by atoms with E-state index < -0.39 is 0 Å². The molecule has 2 aromatic rings. The van der Waals surface area contributed by atoms with Crippen LogP contribution in [0.15, 0.2) is 6.20 Å². The van der Waals surface area contributed by atoms with Crippen LogP contribution in [0.1, 0.15) is 20.3 Å². The van der Waals surface area contributed by atoms with E-state index in [0.29, 0.717) is 23.6 Å². The molecule has 0 aromatic carbocycles. The average molecular weight is 247 g/mol. The number of nitrogens with one attached hydrogen (secondary N) is 2. The van der Waals surface area contributed by atoms with E-state index in [2.05, 4.69) is 44.3 Å². The van der Waals surface area contributed by atoms with Crippen LogP contribution in [0.25, 0.3) is 11.0 Å². The molecule has 7 heteroatoms. The highest BCUT2D eigenvalue weighted by molar-refractivity contribution is 5.87. The Kier molecular flexibility index (Phi) is 2.55. The maximum absolute atomic E-state index is 5.41. The number of rotatable bonds is 2. The Balaban J connectivity index is 2.12. The molecular formula is C11H17N7. The lowest BCUT2D eigenvalue weighted by molar-refractivity contribution is 0.625. The molecule has 0 aliphatic carbocycles. The summed E-state index contributed by atoms with van der Waals surface area (Å²) in [5, 5.41) is 7.83. The van der Waals surface area contributed by atoms with Gasteiger partial charge in [-0.15, -0.1) is 0 Å². The van der Waals surface area contributed by atoms with E-state index in [1.165, 1.54) is 6.42 Å². The van der Waals surface area contributed by atoms with Gasteiger partial charge in [0.1, 0.15) is 5.82 Å². The SMILES string of the molecule is CC1CC(C)N(c2nc(NN)nc3[nH]ncc23)C1. The third-order valence-electron chi connectivity index (χ3n) is 3.47. The van der Waals surface area contributed by atoms with Crippen LogP contribution in [0, 0.1) is 5.92 Å². The van der Waals surface area contributed by atoms with Crippen LogP contribution in [-0.4, -0.2) is 32.8 Å². The van der Waals surface area contributed by atoms with Crippen LogP contribution in [0.3, 0.4) is 0 Å². The van der Waals surface area contributed by atoms with Crippen molar-refractivity contribution < 1.29 is 0 Å². The fourth-order valence-electron chi connectivity index (χ4n) is 2.70. The van der Waals surface area contributed by atoms with E-state index in [9.17, 15) is 0 Å². The zero-order valence-corrected chi connectivity index (χ0v) is 10.5. The number of H-pyrrole nitrogens is 1. The molecule has 7 nitrogen and oxygen atoms in total. The van der Waals surface area contributed by atoms with Crippen LogP contribution in [0.2, 0.25) is 0 Å². The summed E-state index contributed by atoms with van der Waals surface area (Å²) in [4.78, 5) is 11.0. The Bertz CT molecular complexity index is 564. The number of hydrazine groups is 1. The highest BCUT2D eigenvalue weighted by atomic mass is 15.3. The number of anilines is 2. The van der Waals surface area contributed by atoms with Gasteiger partial charge < -0.3 is 4.90 Å². The van der Waals surface area contributed by atoms with E-state index in [1.54, 1.807) is 6.20 Å². The first-order valence-electron chi connectivity index (χ1n) is 6.13. The van der Waals surface area contributed by atoms with Crippen LogP contribution < -0.4 is 16.2 Å². The topological polar surface area (TPSA) is 95.8 Å². The molecule has 0 bridgehead atoms. The molecule has 3 rings (SSSR count). The number of nitrogen functional groups attached to an aromatic ring is 1. The van der Waals surface area contributed by atoms with Gasteiger partial charge in [0.2, 0.25) is 5.95 Å². The largest absolute Gasteiger partial charge is 0.353 e. The van der Waals surface area contributed by atoms with Gasteiger partial charge in [-0.25, -0.2) is 5.84 Å². The number of aromatic amines is 1. The van der Waals surface area contributed by atoms with Gasteiger partial charge in [0, 0.05) is 12.6 Å².